The van der Waals surface area contributed by atoms with Crippen molar-refractivity contribution in [1.29, 1.82) is 0 Å². The summed E-state index contributed by atoms with van der Waals surface area (Å²) in [6, 6.07) is 17.0. The maximum absolute atomic E-state index is 11.3. The zero-order chi connectivity index (χ0) is 18.5. The summed E-state index contributed by atoms with van der Waals surface area (Å²) in [7, 11) is 1.62. The summed E-state index contributed by atoms with van der Waals surface area (Å²) in [4.78, 5) is 11.3. The van der Waals surface area contributed by atoms with Crippen LogP contribution < -0.4 is 10.2 Å². The van der Waals surface area contributed by atoms with Gasteiger partial charge in [-0.1, -0.05) is 23.7 Å². The van der Waals surface area contributed by atoms with Crippen molar-refractivity contribution >= 4 is 17.5 Å². The van der Waals surface area contributed by atoms with Gasteiger partial charge in [-0.3, -0.25) is 10.0 Å². The van der Waals surface area contributed by atoms with Gasteiger partial charge < -0.3 is 4.74 Å². The third kappa shape index (κ3) is 4.04. The Morgan fingerprint density at radius 2 is 1.88 bits per heavy atom. The molecule has 0 saturated carbocycles. The number of halogens is 1. The third-order valence-corrected chi connectivity index (χ3v) is 4.20. The van der Waals surface area contributed by atoms with E-state index < -0.39 is 5.91 Å². The third-order valence-electron chi connectivity index (χ3n) is 3.95. The summed E-state index contributed by atoms with van der Waals surface area (Å²) in [5.41, 5.74) is 5.09. The SMILES string of the molecule is COc1ccc(-n2nc(CCC(=O)NO)cc2-c2ccc(Cl)cc2)cc1. The van der Waals surface area contributed by atoms with Crippen molar-refractivity contribution < 1.29 is 14.7 Å². The molecule has 2 N–H and O–H groups in total. The molecule has 134 valence electrons. The molecule has 1 heterocycles. The summed E-state index contributed by atoms with van der Waals surface area (Å²) in [6.07, 6.45) is 0.562. The predicted octanol–water partition coefficient (Wildman–Crippen LogP) is 3.64. The van der Waals surface area contributed by atoms with Gasteiger partial charge in [0.1, 0.15) is 5.75 Å². The fourth-order valence-electron chi connectivity index (χ4n) is 2.60. The Bertz CT molecular complexity index is 889. The first-order valence-corrected chi connectivity index (χ1v) is 8.41. The number of aryl methyl sites for hydroxylation is 1. The summed E-state index contributed by atoms with van der Waals surface area (Å²) in [5, 5.41) is 13.9. The van der Waals surface area contributed by atoms with Gasteiger partial charge in [0.2, 0.25) is 5.91 Å². The molecule has 0 atom stereocenters. The Balaban J connectivity index is 2.00. The van der Waals surface area contributed by atoms with Crippen molar-refractivity contribution in [2.75, 3.05) is 7.11 Å². The predicted molar refractivity (Wildman–Crippen MR) is 98.8 cm³/mol. The number of hydrogen-bond donors (Lipinski definition) is 2. The number of benzene rings is 2. The summed E-state index contributed by atoms with van der Waals surface area (Å²) >= 11 is 5.99. The number of ether oxygens (including phenoxy) is 1. The van der Waals surface area contributed by atoms with E-state index in [1.165, 1.54) is 0 Å². The van der Waals surface area contributed by atoms with E-state index in [2.05, 4.69) is 5.10 Å². The van der Waals surface area contributed by atoms with Gasteiger partial charge in [-0.05, 0) is 42.5 Å². The number of aromatic nitrogens is 2. The fraction of sp³-hybridized carbons (Fsp3) is 0.158. The zero-order valence-corrected chi connectivity index (χ0v) is 14.9. The first kappa shape index (κ1) is 18.0. The van der Waals surface area contributed by atoms with Gasteiger partial charge in [-0.15, -0.1) is 0 Å². The molecule has 0 aliphatic rings. The highest BCUT2D eigenvalue weighted by molar-refractivity contribution is 6.30. The standard InChI is InChI=1S/C19H18ClN3O3/c1-26-17-9-7-16(8-10-17)23-18(13-2-4-14(20)5-3-13)12-15(21-23)6-11-19(24)22-25/h2-5,7-10,12,25H,6,11H2,1H3,(H,22,24). The van der Waals surface area contributed by atoms with Crippen LogP contribution in [0.3, 0.4) is 0 Å². The van der Waals surface area contributed by atoms with Gasteiger partial charge in [0.25, 0.3) is 0 Å². The Kier molecular flexibility index (Phi) is 5.55. The number of amides is 1. The van der Waals surface area contributed by atoms with E-state index in [1.807, 2.05) is 59.3 Å². The summed E-state index contributed by atoms with van der Waals surface area (Å²) < 4.78 is 7.02. The lowest BCUT2D eigenvalue weighted by molar-refractivity contribution is -0.129. The highest BCUT2D eigenvalue weighted by Crippen LogP contribution is 2.26. The largest absolute Gasteiger partial charge is 0.497 e. The van der Waals surface area contributed by atoms with Crippen molar-refractivity contribution in [3.8, 4) is 22.7 Å². The molecular formula is C19H18ClN3O3. The van der Waals surface area contributed by atoms with Gasteiger partial charge in [-0.2, -0.15) is 5.10 Å². The molecule has 1 aromatic heterocycles. The van der Waals surface area contributed by atoms with Gasteiger partial charge in [-0.25, -0.2) is 10.2 Å². The molecule has 6 nitrogen and oxygen atoms in total. The second-order valence-electron chi connectivity index (χ2n) is 5.67. The molecule has 3 aromatic rings. The van der Waals surface area contributed by atoms with Crippen molar-refractivity contribution in [3.63, 3.8) is 0 Å². The van der Waals surface area contributed by atoms with Gasteiger partial charge in [0.15, 0.2) is 0 Å². The first-order chi connectivity index (χ1) is 12.6. The number of methoxy groups -OCH3 is 1. The lowest BCUT2D eigenvalue weighted by Gasteiger charge is -2.08. The second-order valence-corrected chi connectivity index (χ2v) is 6.11. The molecule has 0 radical (unpaired) electrons. The number of hydrogen-bond acceptors (Lipinski definition) is 4. The number of nitrogens with zero attached hydrogens (tertiary/aromatic N) is 2. The van der Waals surface area contributed by atoms with E-state index in [-0.39, 0.29) is 6.42 Å². The van der Waals surface area contributed by atoms with Crippen LogP contribution in [-0.2, 0) is 11.2 Å². The number of carbonyl (C=O) groups is 1. The van der Waals surface area contributed by atoms with E-state index >= 15 is 0 Å². The number of carbonyl (C=O) groups excluding carboxylic acids is 1. The van der Waals surface area contributed by atoms with Crippen LogP contribution in [-0.4, -0.2) is 28.0 Å². The molecule has 26 heavy (non-hydrogen) atoms. The highest BCUT2D eigenvalue weighted by Gasteiger charge is 2.13. The number of hydroxylamine groups is 1. The summed E-state index contributed by atoms with van der Waals surface area (Å²) in [5.74, 6) is 0.311. The normalized spacial score (nSPS) is 10.6. The molecule has 0 spiro atoms. The Morgan fingerprint density at radius 1 is 1.19 bits per heavy atom. The molecule has 1 amide bonds. The molecule has 0 fully saturated rings. The molecule has 0 unspecified atom stereocenters. The van der Waals surface area contributed by atoms with Gasteiger partial charge in [0.05, 0.1) is 24.2 Å². The van der Waals surface area contributed by atoms with E-state index in [4.69, 9.17) is 21.5 Å². The van der Waals surface area contributed by atoms with Gasteiger partial charge in [0, 0.05) is 23.4 Å². The first-order valence-electron chi connectivity index (χ1n) is 8.03. The molecule has 2 aromatic carbocycles. The van der Waals surface area contributed by atoms with Crippen LogP contribution in [0.15, 0.2) is 54.6 Å². The Labute approximate surface area is 155 Å². The molecule has 0 aliphatic heterocycles. The van der Waals surface area contributed by atoms with Crippen LogP contribution in [0.4, 0.5) is 0 Å². The average molecular weight is 372 g/mol. The van der Waals surface area contributed by atoms with Crippen molar-refractivity contribution in [2.24, 2.45) is 0 Å². The van der Waals surface area contributed by atoms with Gasteiger partial charge >= 0.3 is 0 Å². The smallest absolute Gasteiger partial charge is 0.243 e. The zero-order valence-electron chi connectivity index (χ0n) is 14.1. The fourth-order valence-corrected chi connectivity index (χ4v) is 2.72. The van der Waals surface area contributed by atoms with Crippen LogP contribution in [0.5, 0.6) is 5.75 Å². The minimum absolute atomic E-state index is 0.149. The van der Waals surface area contributed by atoms with E-state index in [1.54, 1.807) is 12.6 Å². The minimum Gasteiger partial charge on any atom is -0.497 e. The van der Waals surface area contributed by atoms with Crippen LogP contribution in [0.1, 0.15) is 12.1 Å². The molecule has 7 heteroatoms. The molecular weight excluding hydrogens is 354 g/mol. The van der Waals surface area contributed by atoms with E-state index in [0.717, 1.165) is 28.4 Å². The van der Waals surface area contributed by atoms with Crippen LogP contribution in [0.2, 0.25) is 5.02 Å². The van der Waals surface area contributed by atoms with Crippen LogP contribution in [0, 0.1) is 0 Å². The molecule has 0 bridgehead atoms. The highest BCUT2D eigenvalue weighted by atomic mass is 35.5. The average Bonchev–Trinajstić information content (AvgIpc) is 3.11. The van der Waals surface area contributed by atoms with Crippen molar-refractivity contribution in [2.45, 2.75) is 12.8 Å². The number of nitrogens with one attached hydrogen (secondary N) is 1. The molecule has 3 rings (SSSR count). The Hall–Kier alpha value is -2.83. The van der Waals surface area contributed by atoms with Crippen molar-refractivity contribution in [3.05, 3.63) is 65.3 Å². The lowest BCUT2D eigenvalue weighted by Crippen LogP contribution is -2.18. The number of rotatable bonds is 6. The summed E-state index contributed by atoms with van der Waals surface area (Å²) in [6.45, 7) is 0. The Morgan fingerprint density at radius 3 is 2.50 bits per heavy atom. The lowest BCUT2D eigenvalue weighted by atomic mass is 10.1. The monoisotopic (exact) mass is 371 g/mol. The van der Waals surface area contributed by atoms with Crippen LogP contribution in [0.25, 0.3) is 16.9 Å². The quantitative estimate of drug-likeness (QED) is 0.512. The van der Waals surface area contributed by atoms with E-state index in [9.17, 15) is 4.79 Å². The van der Waals surface area contributed by atoms with Crippen LogP contribution >= 0.6 is 11.6 Å². The maximum Gasteiger partial charge on any atom is 0.243 e. The molecule has 0 saturated heterocycles. The topological polar surface area (TPSA) is 76.4 Å². The second kappa shape index (κ2) is 8.03. The maximum atomic E-state index is 11.3. The van der Waals surface area contributed by atoms with E-state index in [0.29, 0.717) is 11.4 Å². The van der Waals surface area contributed by atoms with Crippen molar-refractivity contribution in [1.82, 2.24) is 15.3 Å². The molecule has 0 aliphatic carbocycles. The minimum atomic E-state index is -0.447.